The van der Waals surface area contributed by atoms with Crippen molar-refractivity contribution in [3.63, 3.8) is 0 Å². The molecule has 1 aromatic rings. The van der Waals surface area contributed by atoms with Crippen LogP contribution in [-0.4, -0.2) is 18.8 Å². The highest BCUT2D eigenvalue weighted by molar-refractivity contribution is 9.10. The molecule has 1 fully saturated rings. The van der Waals surface area contributed by atoms with Gasteiger partial charge in [-0.3, -0.25) is 0 Å². The van der Waals surface area contributed by atoms with Crippen LogP contribution < -0.4 is 5.32 Å². The number of hydrogen-bond donors (Lipinski definition) is 1. The predicted octanol–water partition coefficient (Wildman–Crippen LogP) is 2.83. The van der Waals surface area contributed by atoms with Gasteiger partial charge in [0.15, 0.2) is 0 Å². The third kappa shape index (κ3) is 2.55. The molecule has 0 aliphatic carbocycles. The summed E-state index contributed by atoms with van der Waals surface area (Å²) in [6, 6.07) is 4.65. The maximum atomic E-state index is 14.1. The molecule has 1 aromatic carbocycles. The van der Waals surface area contributed by atoms with Crippen molar-refractivity contribution >= 4 is 15.9 Å². The van der Waals surface area contributed by atoms with E-state index in [1.54, 1.807) is 12.1 Å². The Hall–Kier alpha value is -0.480. The quantitative estimate of drug-likeness (QED) is 0.875. The normalized spacial score (nSPS) is 25.8. The summed E-state index contributed by atoms with van der Waals surface area (Å²) in [6.07, 6.45) is 0.876. The Morgan fingerprint density at radius 2 is 2.27 bits per heavy atom. The number of halogens is 3. The smallest absolute Gasteiger partial charge is 0.137 e. The number of alkyl halides is 1. The lowest BCUT2D eigenvalue weighted by atomic mass is 9.95. The highest BCUT2D eigenvalue weighted by atomic mass is 79.9. The number of nitrogens with one attached hydrogen (secondary N) is 1. The van der Waals surface area contributed by atoms with E-state index in [4.69, 9.17) is 0 Å². The molecule has 4 heteroatoms. The monoisotopic (exact) mass is 275 g/mol. The van der Waals surface area contributed by atoms with Gasteiger partial charge in [0.25, 0.3) is 0 Å². The van der Waals surface area contributed by atoms with Crippen molar-refractivity contribution in [2.75, 3.05) is 13.1 Å². The van der Waals surface area contributed by atoms with Crippen LogP contribution in [0.2, 0.25) is 0 Å². The zero-order valence-electron chi connectivity index (χ0n) is 8.19. The van der Waals surface area contributed by atoms with Gasteiger partial charge in [-0.05, 0) is 46.6 Å². The lowest BCUT2D eigenvalue weighted by molar-refractivity contribution is 0.190. The van der Waals surface area contributed by atoms with Crippen molar-refractivity contribution in [1.29, 1.82) is 0 Å². The first-order chi connectivity index (χ1) is 7.09. The van der Waals surface area contributed by atoms with E-state index in [-0.39, 0.29) is 5.82 Å². The van der Waals surface area contributed by atoms with E-state index >= 15 is 0 Å². The molecule has 1 saturated heterocycles. The van der Waals surface area contributed by atoms with E-state index in [2.05, 4.69) is 21.2 Å². The second kappa shape index (κ2) is 4.18. The summed E-state index contributed by atoms with van der Waals surface area (Å²) >= 11 is 3.10. The van der Waals surface area contributed by atoms with Crippen molar-refractivity contribution in [3.05, 3.63) is 34.1 Å². The SMILES string of the molecule is Fc1ccc(CC2(F)CCNC2)cc1Br. The van der Waals surface area contributed by atoms with Gasteiger partial charge in [0, 0.05) is 13.0 Å². The molecule has 1 aliphatic rings. The van der Waals surface area contributed by atoms with Crippen LogP contribution in [0.5, 0.6) is 0 Å². The molecule has 1 aliphatic heterocycles. The topological polar surface area (TPSA) is 12.0 Å². The highest BCUT2D eigenvalue weighted by Crippen LogP contribution is 2.26. The molecule has 1 nitrogen and oxygen atoms in total. The summed E-state index contributed by atoms with van der Waals surface area (Å²) in [4.78, 5) is 0. The Kier molecular flexibility index (Phi) is 3.07. The molecule has 0 radical (unpaired) electrons. The predicted molar refractivity (Wildman–Crippen MR) is 59.1 cm³/mol. The van der Waals surface area contributed by atoms with Gasteiger partial charge >= 0.3 is 0 Å². The fourth-order valence-corrected chi connectivity index (χ4v) is 2.31. The van der Waals surface area contributed by atoms with E-state index in [9.17, 15) is 8.78 Å². The molecule has 1 atom stereocenters. The summed E-state index contributed by atoms with van der Waals surface area (Å²) in [5.41, 5.74) is -0.341. The van der Waals surface area contributed by atoms with Gasteiger partial charge < -0.3 is 5.32 Å². The Morgan fingerprint density at radius 1 is 1.47 bits per heavy atom. The van der Waals surface area contributed by atoms with E-state index in [0.29, 0.717) is 23.9 Å². The highest BCUT2D eigenvalue weighted by Gasteiger charge is 2.33. The average Bonchev–Trinajstić information content (AvgIpc) is 2.59. The first-order valence-corrected chi connectivity index (χ1v) is 5.72. The summed E-state index contributed by atoms with van der Waals surface area (Å²) in [5.74, 6) is -0.309. The zero-order valence-corrected chi connectivity index (χ0v) is 9.78. The summed E-state index contributed by atoms with van der Waals surface area (Å²) in [7, 11) is 0. The molecule has 2 rings (SSSR count). The second-order valence-electron chi connectivity index (χ2n) is 4.00. The van der Waals surface area contributed by atoms with E-state index in [0.717, 1.165) is 12.1 Å². The van der Waals surface area contributed by atoms with Gasteiger partial charge in [-0.2, -0.15) is 0 Å². The Labute approximate surface area is 96.0 Å². The van der Waals surface area contributed by atoms with Crippen molar-refractivity contribution < 1.29 is 8.78 Å². The Balaban J connectivity index is 2.13. The van der Waals surface area contributed by atoms with Gasteiger partial charge in [0.1, 0.15) is 11.5 Å². The van der Waals surface area contributed by atoms with Gasteiger partial charge in [0.2, 0.25) is 0 Å². The molecule has 0 saturated carbocycles. The van der Waals surface area contributed by atoms with Gasteiger partial charge in [-0.25, -0.2) is 8.78 Å². The standard InChI is InChI=1S/C11H12BrF2N/c12-9-5-8(1-2-10(9)13)6-11(14)3-4-15-7-11/h1-2,5,15H,3-4,6-7H2. The lowest BCUT2D eigenvalue weighted by Gasteiger charge is -2.18. The Bertz CT molecular complexity index is 362. The molecular formula is C11H12BrF2N. The maximum Gasteiger partial charge on any atom is 0.137 e. The average molecular weight is 276 g/mol. The molecule has 1 heterocycles. The summed E-state index contributed by atoms with van der Waals surface area (Å²) < 4.78 is 27.4. The minimum atomic E-state index is -1.17. The molecule has 0 bridgehead atoms. The summed E-state index contributed by atoms with van der Waals surface area (Å²) in [5, 5.41) is 3.00. The van der Waals surface area contributed by atoms with Crippen LogP contribution in [0.25, 0.3) is 0 Å². The fourth-order valence-electron chi connectivity index (χ4n) is 1.88. The van der Waals surface area contributed by atoms with E-state index < -0.39 is 5.67 Å². The molecule has 15 heavy (non-hydrogen) atoms. The first kappa shape index (κ1) is 11.0. The molecule has 0 spiro atoms. The van der Waals surface area contributed by atoms with Crippen molar-refractivity contribution in [3.8, 4) is 0 Å². The third-order valence-corrected chi connectivity index (χ3v) is 3.30. The minimum absolute atomic E-state index is 0.309. The molecule has 0 amide bonds. The Morgan fingerprint density at radius 3 is 2.87 bits per heavy atom. The van der Waals surface area contributed by atoms with Gasteiger partial charge in [-0.15, -0.1) is 0 Å². The van der Waals surface area contributed by atoms with Crippen molar-refractivity contribution in [1.82, 2.24) is 5.32 Å². The van der Waals surface area contributed by atoms with Crippen LogP contribution in [0.3, 0.4) is 0 Å². The van der Waals surface area contributed by atoms with Crippen LogP contribution >= 0.6 is 15.9 Å². The van der Waals surface area contributed by atoms with Crippen molar-refractivity contribution in [2.45, 2.75) is 18.5 Å². The molecule has 1 unspecified atom stereocenters. The fraction of sp³-hybridized carbons (Fsp3) is 0.455. The number of benzene rings is 1. The molecule has 82 valence electrons. The van der Waals surface area contributed by atoms with Crippen LogP contribution in [0, 0.1) is 5.82 Å². The van der Waals surface area contributed by atoms with E-state index in [1.807, 2.05) is 0 Å². The number of rotatable bonds is 2. The van der Waals surface area contributed by atoms with Crippen LogP contribution in [0.1, 0.15) is 12.0 Å². The third-order valence-electron chi connectivity index (χ3n) is 2.70. The molecule has 0 aromatic heterocycles. The van der Waals surface area contributed by atoms with Gasteiger partial charge in [-0.1, -0.05) is 6.07 Å². The second-order valence-corrected chi connectivity index (χ2v) is 4.86. The van der Waals surface area contributed by atoms with Gasteiger partial charge in [0.05, 0.1) is 4.47 Å². The largest absolute Gasteiger partial charge is 0.313 e. The maximum absolute atomic E-state index is 14.1. The van der Waals surface area contributed by atoms with E-state index in [1.165, 1.54) is 6.07 Å². The van der Waals surface area contributed by atoms with Crippen molar-refractivity contribution in [2.24, 2.45) is 0 Å². The lowest BCUT2D eigenvalue weighted by Crippen LogP contribution is -2.28. The molecule has 1 N–H and O–H groups in total. The van der Waals surface area contributed by atoms with Crippen LogP contribution in [0.4, 0.5) is 8.78 Å². The first-order valence-electron chi connectivity index (χ1n) is 4.93. The zero-order chi connectivity index (χ0) is 10.9. The van der Waals surface area contributed by atoms with Crippen LogP contribution in [0.15, 0.2) is 22.7 Å². The van der Waals surface area contributed by atoms with Crippen LogP contribution in [-0.2, 0) is 6.42 Å². The summed E-state index contributed by atoms with van der Waals surface area (Å²) in [6.45, 7) is 1.11. The number of hydrogen-bond acceptors (Lipinski definition) is 1. The molecular weight excluding hydrogens is 264 g/mol. The minimum Gasteiger partial charge on any atom is -0.313 e.